The number of aliphatic carboxylic acids is 1. The van der Waals surface area contributed by atoms with E-state index in [0.717, 1.165) is 13.8 Å². The molecule has 7 aromatic rings. The lowest BCUT2D eigenvalue weighted by Crippen LogP contribution is -2.82. The fourth-order valence-electron chi connectivity index (χ4n) is 15.1. The van der Waals surface area contributed by atoms with Gasteiger partial charge in [-0.2, -0.15) is 4.98 Å². The maximum atomic E-state index is 16.7. The molecule has 0 spiro atoms. The second kappa shape index (κ2) is 33.5. The third-order valence-electron chi connectivity index (χ3n) is 20.8. The molecule has 3 aliphatic carbocycles. The number of esters is 4. The number of Topliss-reactive ketones (excluding diaryl/α,β-unsaturated/α-hetero) is 1. The number of hydrogen-bond acceptors (Lipinski definition) is 30. The van der Waals surface area contributed by atoms with E-state index in [1.54, 1.807) is 66.7 Å². The molecule has 2 unspecified atom stereocenters. The first kappa shape index (κ1) is 81.3. The molecule has 0 radical (unpaired) electrons. The topological polar surface area (TPSA) is 537 Å². The van der Waals surface area contributed by atoms with Crippen LogP contribution in [-0.4, -0.2) is 175 Å². The van der Waals surface area contributed by atoms with Crippen molar-refractivity contribution in [2.75, 3.05) is 30.7 Å². The second-order valence-corrected chi connectivity index (χ2v) is 28.2. The van der Waals surface area contributed by atoms with Crippen molar-refractivity contribution in [2.24, 2.45) is 16.7 Å². The number of hydrogen-bond donors (Lipinski definition) is 9. The number of carbonyl (C=O) groups excluding carboxylic acids is 12. The Balaban J connectivity index is 0.835. The molecular weight excluding hydrogens is 1480 g/mol. The minimum absolute atomic E-state index is 0.0220. The van der Waals surface area contributed by atoms with Crippen LogP contribution in [0.5, 0.6) is 0 Å². The van der Waals surface area contributed by atoms with Crippen LogP contribution >= 0.6 is 0 Å². The van der Waals surface area contributed by atoms with Crippen molar-refractivity contribution < 1.29 is 117 Å². The average Bonchev–Trinajstić information content (AvgIpc) is 0.667. The Labute approximate surface area is 642 Å². The Kier molecular flexibility index (Phi) is 24.1. The number of aliphatic hydroxyl groups is 2. The highest BCUT2D eigenvalue weighted by Gasteiger charge is 2.79. The lowest BCUT2D eigenvalue weighted by Gasteiger charge is -2.67. The fraction of sp³-hybridized carbons (Fsp3) is 0.359. The predicted molar refractivity (Wildman–Crippen MR) is 383 cm³/mol. The van der Waals surface area contributed by atoms with Crippen LogP contribution in [0.2, 0.25) is 0 Å². The number of aromatic amines is 1. The predicted octanol–water partition coefficient (Wildman–Crippen LogP) is 0.0143. The van der Waals surface area contributed by atoms with Crippen molar-refractivity contribution in [3.63, 3.8) is 0 Å². The van der Waals surface area contributed by atoms with Crippen molar-refractivity contribution in [1.82, 2.24) is 41.2 Å². The number of aromatic carboxylic acids is 2. The number of nitrogens with one attached hydrogen (secondary N) is 6. The summed E-state index contributed by atoms with van der Waals surface area (Å²) in [5.41, 5.74) is -6.97. The van der Waals surface area contributed by atoms with Crippen molar-refractivity contribution in [2.45, 2.75) is 140 Å². The molecular formula is C78H77N10O25-3. The van der Waals surface area contributed by atoms with E-state index in [1.807, 2.05) is 0 Å². The second-order valence-electron chi connectivity index (χ2n) is 28.2. The first-order valence-electron chi connectivity index (χ1n) is 35.5. The van der Waals surface area contributed by atoms with Crippen LogP contribution in [0.1, 0.15) is 152 Å². The van der Waals surface area contributed by atoms with Gasteiger partial charge < -0.3 is 95.9 Å². The molecule has 4 aliphatic rings. The lowest BCUT2D eigenvalue weighted by atomic mass is 9.44. The number of fused-ring (bicyclic) bond motifs is 6. The SMILES string of the molecule is CC(=O)OC1C(=O)[C@]2(C)C(OC(=O)c3cc(C(=O)[O-])c(C(=O)NCCNC(=O)CC[C@H](NC(=O)c4ccc(NCc5cnc6nc(N)[nH]c(=O)c6n5)cc4)C(=O)[O-])cc3C(=O)[O-])C[C@H]3OC[C@@]3(OC(C)=O)[C@H]2[C@H](OOCc2ccccc2)[C@]2(O)C[C@H](OC(=O)[C@H](O)[C@@H](NC(=O)c3ccccc3)c3ccccc3)C(C)=C1C2(C)C. The highest BCUT2D eigenvalue weighted by Crippen LogP contribution is 2.65. The molecule has 12 atom stereocenters. The van der Waals surface area contributed by atoms with E-state index in [4.69, 9.17) is 39.2 Å². The molecule has 1 aliphatic heterocycles. The number of anilines is 2. The number of aromatic nitrogens is 4. The van der Waals surface area contributed by atoms with Crippen molar-refractivity contribution >= 4 is 94.0 Å². The number of aliphatic hydroxyl groups excluding tert-OH is 1. The lowest BCUT2D eigenvalue weighted by molar-refractivity contribution is -0.419. The summed E-state index contributed by atoms with van der Waals surface area (Å²) >= 11 is 0. The minimum atomic E-state index is -2.64. The Morgan fingerprint density at radius 2 is 1.35 bits per heavy atom. The number of amides is 4. The molecule has 4 amide bonds. The van der Waals surface area contributed by atoms with E-state index in [0.29, 0.717) is 29.1 Å². The van der Waals surface area contributed by atoms with Crippen LogP contribution in [0.15, 0.2) is 150 Å². The zero-order valence-electron chi connectivity index (χ0n) is 61.5. The number of rotatable bonds is 29. The molecule has 5 aromatic carbocycles. The molecule has 10 N–H and O–H groups in total. The highest BCUT2D eigenvalue weighted by atomic mass is 17.2. The van der Waals surface area contributed by atoms with Crippen molar-refractivity contribution in [1.29, 1.82) is 0 Å². The van der Waals surface area contributed by atoms with E-state index in [2.05, 4.69) is 46.5 Å². The summed E-state index contributed by atoms with van der Waals surface area (Å²) in [6, 6.07) is 27.7. The standard InChI is InChI=1S/C78H80N10O25/c1-38-52(110-73(105)59(92)57(42-18-12-8-13-19-42)86-66(95)43-20-14-9-15-21-43)33-78(106)63(113-108-36-41-16-10-7-11-17-41)61-76(6,62(93)60(109-39(2)89)56(38)75(78,4)5)53(32-54-77(61,37-107-54)112-40(3)90)111-72(104)50-31-48(69(98)99)47(30-49(50)70(100)101)67(96)81-29-28-80-55(91)27-26-51(71(102)103)85-65(94)44-22-24-45(25-23-44)82-34-46-35-83-64-58(84-46)68(97)88-74(79)87-64/h7-25,30-31,35,51-54,57,59-61,63,82,92,106H,26-29,32-34,36-37H2,1-6H3,(H,80,91)(H,81,96)(H,85,94)(H,86,95)(H,98,99)(H,100,101)(H,102,103)(H3,79,83,87,88,97)/p-3/t51-,52-,53?,54+,57-,59+,60?,61-,63-,76+,77-,78+/m0/s1. The number of H-pyrrole nitrogens is 1. The van der Waals surface area contributed by atoms with Gasteiger partial charge in [0.25, 0.3) is 23.3 Å². The molecule has 113 heavy (non-hydrogen) atoms. The van der Waals surface area contributed by atoms with Gasteiger partial charge >= 0.3 is 23.9 Å². The molecule has 2 aromatic heterocycles. The van der Waals surface area contributed by atoms with Gasteiger partial charge in [0.1, 0.15) is 36.6 Å². The summed E-state index contributed by atoms with van der Waals surface area (Å²) in [5, 5.41) is 77.5. The quantitative estimate of drug-likeness (QED) is 0.00745. The molecule has 592 valence electrons. The molecule has 11 rings (SSSR count). The number of carboxylic acid groups (broad SMARTS) is 3. The van der Waals surface area contributed by atoms with Crippen molar-refractivity contribution in [3.05, 3.63) is 205 Å². The Hall–Kier alpha value is -12.7. The van der Waals surface area contributed by atoms with E-state index >= 15 is 9.59 Å². The maximum absolute atomic E-state index is 16.7. The van der Waals surface area contributed by atoms with Gasteiger partial charge in [-0.05, 0) is 91.1 Å². The van der Waals surface area contributed by atoms with E-state index < -0.39 is 221 Å². The summed E-state index contributed by atoms with van der Waals surface area (Å²) < 4.78 is 30.8. The van der Waals surface area contributed by atoms with Crippen LogP contribution in [-0.2, 0) is 75.4 Å². The normalized spacial score (nSPS) is 22.7. The maximum Gasteiger partial charge on any atom is 0.339 e. The molecule has 3 fully saturated rings. The Bertz CT molecular complexity index is 5010. The van der Waals surface area contributed by atoms with Crippen LogP contribution in [0.25, 0.3) is 11.2 Å². The number of nitrogens with two attached hydrogens (primary N) is 1. The van der Waals surface area contributed by atoms with Gasteiger partial charge in [0.15, 0.2) is 34.8 Å². The number of nitrogen functional groups attached to an aromatic ring is 1. The summed E-state index contributed by atoms with van der Waals surface area (Å²) in [6.45, 7) is 5.74. The number of nitrogens with zero attached hydrogens (tertiary/aromatic N) is 3. The van der Waals surface area contributed by atoms with Gasteiger partial charge in [-0.25, -0.2) is 29.3 Å². The first-order chi connectivity index (χ1) is 53.7. The largest absolute Gasteiger partial charge is 0.548 e. The number of carbonyl (C=O) groups is 12. The highest BCUT2D eigenvalue weighted by molar-refractivity contribution is 6.10. The van der Waals surface area contributed by atoms with Gasteiger partial charge in [0, 0.05) is 85.1 Å². The Morgan fingerprint density at radius 1 is 0.735 bits per heavy atom. The summed E-state index contributed by atoms with van der Waals surface area (Å²) in [4.78, 5) is 206. The number of carboxylic acids is 3. The van der Waals surface area contributed by atoms with Gasteiger partial charge in [-0.15, -0.1) is 0 Å². The van der Waals surface area contributed by atoms with E-state index in [-0.39, 0.29) is 58.1 Å². The van der Waals surface area contributed by atoms with Crippen LogP contribution < -0.4 is 53.2 Å². The molecule has 2 bridgehead atoms. The monoisotopic (exact) mass is 1550 g/mol. The average molecular weight is 1550 g/mol. The molecule has 35 nitrogen and oxygen atoms in total. The smallest absolute Gasteiger partial charge is 0.339 e. The van der Waals surface area contributed by atoms with E-state index in [9.17, 15) is 78.3 Å². The fourth-order valence-corrected chi connectivity index (χ4v) is 15.1. The first-order valence-corrected chi connectivity index (χ1v) is 35.5. The third-order valence-corrected chi connectivity index (χ3v) is 20.8. The van der Waals surface area contributed by atoms with Crippen molar-refractivity contribution in [3.8, 4) is 0 Å². The minimum Gasteiger partial charge on any atom is -0.548 e. The van der Waals surface area contributed by atoms with Gasteiger partial charge in [0.05, 0.1) is 71.9 Å². The number of ether oxygens (including phenoxy) is 5. The molecule has 35 heteroatoms. The van der Waals surface area contributed by atoms with Gasteiger partial charge in [-0.3, -0.25) is 43.3 Å². The van der Waals surface area contributed by atoms with Crippen LogP contribution in [0.4, 0.5) is 11.6 Å². The van der Waals surface area contributed by atoms with E-state index in [1.165, 1.54) is 82.4 Å². The van der Waals surface area contributed by atoms with Gasteiger partial charge in [-0.1, -0.05) is 92.7 Å². The van der Waals surface area contributed by atoms with Gasteiger partial charge in [0.2, 0.25) is 11.9 Å². The van der Waals surface area contributed by atoms with Crippen LogP contribution in [0.3, 0.4) is 0 Å². The zero-order valence-corrected chi connectivity index (χ0v) is 61.5. The Morgan fingerprint density at radius 3 is 1.98 bits per heavy atom. The molecule has 2 saturated carbocycles. The van der Waals surface area contributed by atoms with Crippen LogP contribution in [0, 0.1) is 16.7 Å². The summed E-state index contributed by atoms with van der Waals surface area (Å²) in [7, 11) is 0. The zero-order chi connectivity index (χ0) is 81.6. The summed E-state index contributed by atoms with van der Waals surface area (Å²) in [5.74, 6) is -18.1. The summed E-state index contributed by atoms with van der Waals surface area (Å²) in [6.07, 6.45) is -12.6. The number of ketones is 1. The third kappa shape index (κ3) is 16.8. The molecule has 3 heterocycles. The molecule has 1 saturated heterocycles. The number of benzene rings is 5.